The van der Waals surface area contributed by atoms with Crippen molar-refractivity contribution in [3.63, 3.8) is 0 Å². The fourth-order valence-corrected chi connectivity index (χ4v) is 7.49. The van der Waals surface area contributed by atoms with Crippen molar-refractivity contribution < 1.29 is 27.8 Å². The summed E-state index contributed by atoms with van der Waals surface area (Å²) in [5.41, 5.74) is 4.19. The number of amides is 2. The van der Waals surface area contributed by atoms with Gasteiger partial charge in [0.1, 0.15) is 30.0 Å². The third-order valence-electron chi connectivity index (χ3n) is 10.2. The van der Waals surface area contributed by atoms with Crippen molar-refractivity contribution in [1.82, 2.24) is 20.0 Å². The van der Waals surface area contributed by atoms with Crippen molar-refractivity contribution in [2.45, 2.75) is 45.4 Å². The number of ether oxygens (including phenoxy) is 2. The molecular formula is C42H47ClF2N4O4. The summed E-state index contributed by atoms with van der Waals surface area (Å²) in [4.78, 5) is 33.6. The van der Waals surface area contributed by atoms with Gasteiger partial charge in [-0.05, 0) is 104 Å². The van der Waals surface area contributed by atoms with Crippen LogP contribution in [-0.2, 0) is 29.1 Å². The summed E-state index contributed by atoms with van der Waals surface area (Å²) in [5.74, 6) is -0.261. The zero-order chi connectivity index (χ0) is 37.2. The van der Waals surface area contributed by atoms with E-state index in [1.54, 1.807) is 18.2 Å². The second kappa shape index (κ2) is 18.5. The van der Waals surface area contributed by atoms with Crippen molar-refractivity contribution in [2.75, 3.05) is 52.4 Å². The number of halogens is 3. The summed E-state index contributed by atoms with van der Waals surface area (Å²) in [6, 6.07) is 25.9. The third-order valence-corrected chi connectivity index (χ3v) is 10.4. The Hall–Kier alpha value is -4.51. The highest BCUT2D eigenvalue weighted by atomic mass is 35.5. The fourth-order valence-electron chi connectivity index (χ4n) is 7.30. The van der Waals surface area contributed by atoms with Gasteiger partial charge >= 0.3 is 6.09 Å². The minimum Gasteiger partial charge on any atom is -0.493 e. The van der Waals surface area contributed by atoms with Crippen LogP contribution in [0, 0.1) is 17.6 Å². The number of hydrogen-bond donors (Lipinski definition) is 1. The first-order valence-corrected chi connectivity index (χ1v) is 18.8. The van der Waals surface area contributed by atoms with Gasteiger partial charge in [0, 0.05) is 49.9 Å². The van der Waals surface area contributed by atoms with Gasteiger partial charge in [-0.1, -0.05) is 66.2 Å². The molecule has 2 aliphatic rings. The highest BCUT2D eigenvalue weighted by molar-refractivity contribution is 6.30. The standard InChI is InChI=1S/C42H47ClF2N4O4/c1-2-52-39-13-7-12-38(45)37(39)28-48-22-24-49(25-23-48)41(50)40(46-42(51)53-29-30-8-4-3-5-9-30)31-16-19-47(20-17-31)21-18-33-26-34(43)14-15-36(33)32-10-6-11-35(44)27-32/h3-15,26-27,31,40H,2,16-25,28-29H2,1H3,(H,46,51)/t40-/m1/s1. The molecule has 280 valence electrons. The predicted octanol–water partition coefficient (Wildman–Crippen LogP) is 7.58. The quantitative estimate of drug-likeness (QED) is 0.152. The van der Waals surface area contributed by atoms with Gasteiger partial charge in [-0.25, -0.2) is 13.6 Å². The summed E-state index contributed by atoms with van der Waals surface area (Å²) < 4.78 is 40.1. The molecule has 1 N–H and O–H groups in total. The van der Waals surface area contributed by atoms with Crippen LogP contribution in [0.15, 0.2) is 91.0 Å². The van der Waals surface area contributed by atoms with E-state index in [4.69, 9.17) is 21.1 Å². The van der Waals surface area contributed by atoms with Crippen LogP contribution < -0.4 is 10.1 Å². The first kappa shape index (κ1) is 38.2. The first-order valence-electron chi connectivity index (χ1n) is 18.4. The van der Waals surface area contributed by atoms with Crippen LogP contribution in [0.4, 0.5) is 13.6 Å². The monoisotopic (exact) mass is 744 g/mol. The summed E-state index contributed by atoms with van der Waals surface area (Å²) >= 11 is 6.38. The lowest BCUT2D eigenvalue weighted by molar-refractivity contribution is -0.137. The second-order valence-electron chi connectivity index (χ2n) is 13.7. The zero-order valence-electron chi connectivity index (χ0n) is 30.1. The van der Waals surface area contributed by atoms with Gasteiger partial charge in [0.2, 0.25) is 5.91 Å². The van der Waals surface area contributed by atoms with Crippen LogP contribution in [0.5, 0.6) is 5.75 Å². The molecular weight excluding hydrogens is 698 g/mol. The van der Waals surface area contributed by atoms with E-state index >= 15 is 0 Å². The van der Waals surface area contributed by atoms with Crippen LogP contribution in [0.1, 0.15) is 36.5 Å². The predicted molar refractivity (Wildman–Crippen MR) is 203 cm³/mol. The number of nitrogens with one attached hydrogen (secondary N) is 1. The number of carbonyl (C=O) groups excluding carboxylic acids is 2. The van der Waals surface area contributed by atoms with Crippen molar-refractivity contribution in [3.8, 4) is 16.9 Å². The van der Waals surface area contributed by atoms with Crippen LogP contribution in [0.2, 0.25) is 5.02 Å². The molecule has 0 bridgehead atoms. The van der Waals surface area contributed by atoms with Crippen LogP contribution >= 0.6 is 11.6 Å². The highest BCUT2D eigenvalue weighted by Crippen LogP contribution is 2.29. The Morgan fingerprint density at radius 3 is 2.36 bits per heavy atom. The Morgan fingerprint density at radius 2 is 1.62 bits per heavy atom. The highest BCUT2D eigenvalue weighted by Gasteiger charge is 2.37. The number of hydrogen-bond acceptors (Lipinski definition) is 6. The minimum atomic E-state index is -0.740. The molecule has 11 heteroatoms. The Morgan fingerprint density at radius 1 is 0.868 bits per heavy atom. The van der Waals surface area contributed by atoms with Crippen molar-refractivity contribution in [1.29, 1.82) is 0 Å². The van der Waals surface area contributed by atoms with E-state index in [9.17, 15) is 18.4 Å². The zero-order valence-corrected chi connectivity index (χ0v) is 30.9. The Bertz CT molecular complexity index is 1830. The van der Waals surface area contributed by atoms with Gasteiger partial charge in [-0.2, -0.15) is 0 Å². The van der Waals surface area contributed by atoms with E-state index in [-0.39, 0.29) is 30.1 Å². The molecule has 0 aliphatic carbocycles. The number of piperazine rings is 1. The van der Waals surface area contributed by atoms with Crippen molar-refractivity contribution in [2.24, 2.45) is 5.92 Å². The molecule has 2 amide bonds. The lowest BCUT2D eigenvalue weighted by atomic mass is 9.88. The first-order chi connectivity index (χ1) is 25.8. The molecule has 2 heterocycles. The van der Waals surface area contributed by atoms with Gasteiger partial charge in [-0.3, -0.25) is 9.69 Å². The smallest absolute Gasteiger partial charge is 0.408 e. The minimum absolute atomic E-state index is 0.0813. The summed E-state index contributed by atoms with van der Waals surface area (Å²) in [5, 5.41) is 3.58. The molecule has 6 rings (SSSR count). The number of piperidine rings is 1. The molecule has 0 spiro atoms. The topological polar surface area (TPSA) is 74.3 Å². The number of alkyl carbamates (subject to hydrolysis) is 1. The molecule has 0 aromatic heterocycles. The molecule has 2 fully saturated rings. The molecule has 2 aliphatic heterocycles. The largest absolute Gasteiger partial charge is 0.493 e. The van der Waals surface area contributed by atoms with E-state index in [2.05, 4.69) is 15.1 Å². The normalized spacial score (nSPS) is 16.3. The maximum atomic E-state index is 14.8. The molecule has 0 unspecified atom stereocenters. The van der Waals surface area contributed by atoms with Gasteiger partial charge in [0.05, 0.1) is 6.61 Å². The van der Waals surface area contributed by atoms with Crippen molar-refractivity contribution in [3.05, 3.63) is 124 Å². The lowest BCUT2D eigenvalue weighted by Crippen LogP contribution is -2.58. The van der Waals surface area contributed by atoms with Crippen LogP contribution in [0.25, 0.3) is 11.1 Å². The lowest BCUT2D eigenvalue weighted by Gasteiger charge is -2.40. The SMILES string of the molecule is CCOc1cccc(F)c1CN1CCN(C(=O)[C@H](NC(=O)OCc2ccccc2)C2CCN(CCc3cc(Cl)ccc3-c3cccc(F)c3)CC2)CC1. The van der Waals surface area contributed by atoms with E-state index in [1.807, 2.05) is 66.4 Å². The van der Waals surface area contributed by atoms with E-state index < -0.39 is 12.1 Å². The Labute approximate surface area is 315 Å². The number of nitrogens with zero attached hydrogens (tertiary/aromatic N) is 3. The molecule has 4 aromatic rings. The molecule has 0 saturated carbocycles. The van der Waals surface area contributed by atoms with Crippen molar-refractivity contribution >= 4 is 23.6 Å². The van der Waals surface area contributed by atoms with Gasteiger partial charge in [-0.15, -0.1) is 0 Å². The average Bonchev–Trinajstić information content (AvgIpc) is 3.17. The fraction of sp³-hybridized carbons (Fsp3) is 0.381. The molecule has 1 atom stereocenters. The number of carbonyl (C=O) groups is 2. The number of rotatable bonds is 13. The van der Waals surface area contributed by atoms with Gasteiger partial charge in [0.25, 0.3) is 0 Å². The van der Waals surface area contributed by atoms with E-state index in [0.29, 0.717) is 55.7 Å². The summed E-state index contributed by atoms with van der Waals surface area (Å²) in [6.07, 6.45) is 1.54. The Kier molecular flexibility index (Phi) is 13.3. The van der Waals surface area contributed by atoms with Crippen LogP contribution in [-0.4, -0.2) is 85.2 Å². The number of likely N-dealkylation sites (tertiary alicyclic amines) is 1. The summed E-state index contributed by atoms with van der Waals surface area (Å²) in [6.45, 7) is 7.13. The molecule has 4 aromatic carbocycles. The summed E-state index contributed by atoms with van der Waals surface area (Å²) in [7, 11) is 0. The molecule has 0 radical (unpaired) electrons. The van der Waals surface area contributed by atoms with Gasteiger partial charge < -0.3 is 24.6 Å². The average molecular weight is 745 g/mol. The molecule has 53 heavy (non-hydrogen) atoms. The Balaban J connectivity index is 1.08. The van der Waals surface area contributed by atoms with E-state index in [0.717, 1.165) is 61.2 Å². The molecule has 2 saturated heterocycles. The maximum Gasteiger partial charge on any atom is 0.408 e. The van der Waals surface area contributed by atoms with Crippen LogP contribution in [0.3, 0.4) is 0 Å². The molecule has 8 nitrogen and oxygen atoms in total. The van der Waals surface area contributed by atoms with E-state index in [1.165, 1.54) is 18.2 Å². The third kappa shape index (κ3) is 10.3. The van der Waals surface area contributed by atoms with Gasteiger partial charge in [0.15, 0.2) is 0 Å². The second-order valence-corrected chi connectivity index (χ2v) is 14.1. The maximum absolute atomic E-state index is 14.8. The number of benzene rings is 4.